The van der Waals surface area contributed by atoms with E-state index in [-0.39, 0.29) is 17.2 Å². The SMILES string of the molecule is O=c1c2ccccc2nc(SCc2cc(=O)n3ccccc3n2)n1C1CC1. The van der Waals surface area contributed by atoms with Crippen molar-refractivity contribution in [1.82, 2.24) is 18.9 Å². The highest BCUT2D eigenvalue weighted by Crippen LogP contribution is 2.37. The maximum atomic E-state index is 12.9. The van der Waals surface area contributed by atoms with E-state index in [1.54, 1.807) is 22.9 Å². The molecule has 0 unspecified atom stereocenters. The molecular weight excluding hydrogens is 360 g/mol. The van der Waals surface area contributed by atoms with E-state index in [0.29, 0.717) is 33.2 Å². The number of nitrogens with zero attached hydrogens (tertiary/aromatic N) is 4. The molecule has 0 N–H and O–H groups in total. The molecule has 1 saturated carbocycles. The molecule has 0 amide bonds. The second kappa shape index (κ2) is 6.35. The van der Waals surface area contributed by atoms with Crippen molar-refractivity contribution in [1.29, 1.82) is 0 Å². The number of hydrogen-bond donors (Lipinski definition) is 0. The first-order valence-corrected chi connectivity index (χ1v) is 9.81. The van der Waals surface area contributed by atoms with Crippen LogP contribution in [0.1, 0.15) is 24.6 Å². The van der Waals surface area contributed by atoms with Gasteiger partial charge in [-0.3, -0.25) is 18.6 Å². The van der Waals surface area contributed by atoms with Gasteiger partial charge in [0.2, 0.25) is 0 Å². The zero-order chi connectivity index (χ0) is 18.4. The Morgan fingerprint density at radius 3 is 2.70 bits per heavy atom. The van der Waals surface area contributed by atoms with Crippen LogP contribution in [0.2, 0.25) is 0 Å². The lowest BCUT2D eigenvalue weighted by atomic mass is 10.2. The van der Waals surface area contributed by atoms with Crippen molar-refractivity contribution in [3.8, 4) is 0 Å². The summed E-state index contributed by atoms with van der Waals surface area (Å²) in [5.74, 6) is 0.484. The Hall–Kier alpha value is -2.93. The van der Waals surface area contributed by atoms with Crippen molar-refractivity contribution >= 4 is 28.3 Å². The molecule has 3 heterocycles. The highest BCUT2D eigenvalue weighted by molar-refractivity contribution is 7.98. The van der Waals surface area contributed by atoms with Crippen molar-refractivity contribution in [2.24, 2.45) is 0 Å². The van der Waals surface area contributed by atoms with Crippen LogP contribution in [-0.4, -0.2) is 18.9 Å². The summed E-state index contributed by atoms with van der Waals surface area (Å²) in [5.41, 5.74) is 1.90. The third-order valence-electron chi connectivity index (χ3n) is 4.66. The van der Waals surface area contributed by atoms with Crippen molar-refractivity contribution in [3.63, 3.8) is 0 Å². The Kier molecular flexibility index (Phi) is 3.82. The van der Waals surface area contributed by atoms with Gasteiger partial charge in [0, 0.05) is 24.1 Å². The first-order valence-electron chi connectivity index (χ1n) is 8.82. The number of aromatic nitrogens is 4. The average molecular weight is 376 g/mol. The Labute approximate surface area is 158 Å². The molecule has 0 radical (unpaired) electrons. The summed E-state index contributed by atoms with van der Waals surface area (Å²) in [7, 11) is 0. The van der Waals surface area contributed by atoms with E-state index in [0.717, 1.165) is 12.8 Å². The van der Waals surface area contributed by atoms with Crippen LogP contribution in [0.5, 0.6) is 0 Å². The molecule has 0 aliphatic heterocycles. The van der Waals surface area contributed by atoms with Crippen molar-refractivity contribution in [3.05, 3.63) is 81.1 Å². The summed E-state index contributed by atoms with van der Waals surface area (Å²) in [4.78, 5) is 34.4. The first-order chi connectivity index (χ1) is 13.2. The maximum Gasteiger partial charge on any atom is 0.262 e. The molecule has 0 saturated heterocycles. The van der Waals surface area contributed by atoms with Gasteiger partial charge in [-0.25, -0.2) is 9.97 Å². The van der Waals surface area contributed by atoms with E-state index in [4.69, 9.17) is 4.98 Å². The smallest absolute Gasteiger partial charge is 0.262 e. The minimum atomic E-state index is -0.109. The van der Waals surface area contributed by atoms with E-state index in [9.17, 15) is 9.59 Å². The molecule has 3 aromatic heterocycles. The zero-order valence-electron chi connectivity index (χ0n) is 14.4. The Balaban J connectivity index is 1.54. The summed E-state index contributed by atoms with van der Waals surface area (Å²) < 4.78 is 3.32. The molecule has 5 rings (SSSR count). The van der Waals surface area contributed by atoms with E-state index < -0.39 is 0 Å². The normalized spacial score (nSPS) is 14.1. The van der Waals surface area contributed by atoms with E-state index in [2.05, 4.69) is 4.98 Å². The summed E-state index contributed by atoms with van der Waals surface area (Å²) in [6.07, 6.45) is 3.71. The molecule has 0 spiro atoms. The highest BCUT2D eigenvalue weighted by atomic mass is 32.2. The number of pyridine rings is 1. The van der Waals surface area contributed by atoms with Gasteiger partial charge in [0.05, 0.1) is 16.6 Å². The molecule has 7 heteroatoms. The van der Waals surface area contributed by atoms with Crippen LogP contribution >= 0.6 is 11.8 Å². The fraction of sp³-hybridized carbons (Fsp3) is 0.200. The van der Waals surface area contributed by atoms with Gasteiger partial charge in [-0.2, -0.15) is 0 Å². The molecule has 134 valence electrons. The minimum absolute atomic E-state index is 0.0112. The number of para-hydroxylation sites is 1. The van der Waals surface area contributed by atoms with Crippen LogP contribution in [0, 0.1) is 0 Å². The largest absolute Gasteiger partial charge is 0.284 e. The molecule has 0 bridgehead atoms. The van der Waals surface area contributed by atoms with Gasteiger partial charge in [0.15, 0.2) is 5.16 Å². The molecular formula is C20H16N4O2S. The average Bonchev–Trinajstić information content (AvgIpc) is 3.51. The van der Waals surface area contributed by atoms with Gasteiger partial charge in [-0.05, 0) is 37.1 Å². The standard InChI is InChI=1S/C20H16N4O2S/c25-18-11-13(21-17-7-3-4-10-23(17)18)12-27-20-22-16-6-2-1-5-15(16)19(26)24(20)14-8-9-14/h1-7,10-11,14H,8-9,12H2. The number of hydrogen-bond acceptors (Lipinski definition) is 5. The highest BCUT2D eigenvalue weighted by Gasteiger charge is 2.28. The molecule has 6 nitrogen and oxygen atoms in total. The predicted octanol–water partition coefficient (Wildman–Crippen LogP) is 3.03. The van der Waals surface area contributed by atoms with Gasteiger partial charge in [-0.15, -0.1) is 0 Å². The van der Waals surface area contributed by atoms with Crippen LogP contribution in [0.3, 0.4) is 0 Å². The third kappa shape index (κ3) is 2.94. The molecule has 0 atom stereocenters. The molecule has 1 aliphatic carbocycles. The first kappa shape index (κ1) is 16.3. The van der Waals surface area contributed by atoms with Gasteiger partial charge >= 0.3 is 0 Å². The predicted molar refractivity (Wildman–Crippen MR) is 105 cm³/mol. The number of benzene rings is 1. The summed E-state index contributed by atoms with van der Waals surface area (Å²) >= 11 is 1.46. The van der Waals surface area contributed by atoms with Crippen LogP contribution < -0.4 is 11.1 Å². The van der Waals surface area contributed by atoms with Crippen LogP contribution in [0.15, 0.2) is 69.5 Å². The number of rotatable bonds is 4. The monoisotopic (exact) mass is 376 g/mol. The van der Waals surface area contributed by atoms with Crippen molar-refractivity contribution in [2.45, 2.75) is 29.8 Å². The van der Waals surface area contributed by atoms with Gasteiger partial charge < -0.3 is 0 Å². The van der Waals surface area contributed by atoms with Crippen LogP contribution in [-0.2, 0) is 5.75 Å². The minimum Gasteiger partial charge on any atom is -0.284 e. The molecule has 1 aromatic carbocycles. The lowest BCUT2D eigenvalue weighted by Crippen LogP contribution is -2.22. The lowest BCUT2D eigenvalue weighted by molar-refractivity contribution is 0.618. The van der Waals surface area contributed by atoms with Crippen LogP contribution in [0.4, 0.5) is 0 Å². The van der Waals surface area contributed by atoms with Crippen LogP contribution in [0.25, 0.3) is 16.6 Å². The fourth-order valence-corrected chi connectivity index (χ4v) is 4.16. The van der Waals surface area contributed by atoms with E-state index in [1.807, 2.05) is 36.4 Å². The van der Waals surface area contributed by atoms with Gasteiger partial charge in [0.25, 0.3) is 11.1 Å². The third-order valence-corrected chi connectivity index (χ3v) is 5.65. The Bertz CT molecular complexity index is 1290. The summed E-state index contributed by atoms with van der Waals surface area (Å²) in [6, 6.07) is 14.7. The molecule has 4 aromatic rings. The summed E-state index contributed by atoms with van der Waals surface area (Å²) in [6.45, 7) is 0. The molecule has 27 heavy (non-hydrogen) atoms. The van der Waals surface area contributed by atoms with Crippen molar-refractivity contribution in [2.75, 3.05) is 0 Å². The second-order valence-corrected chi connectivity index (χ2v) is 7.56. The quantitative estimate of drug-likeness (QED) is 0.404. The van der Waals surface area contributed by atoms with Gasteiger partial charge in [-0.1, -0.05) is 30.0 Å². The summed E-state index contributed by atoms with van der Waals surface area (Å²) in [5, 5.41) is 1.34. The van der Waals surface area contributed by atoms with Crippen molar-refractivity contribution < 1.29 is 0 Å². The molecule has 1 fully saturated rings. The number of fused-ring (bicyclic) bond motifs is 2. The Morgan fingerprint density at radius 2 is 1.85 bits per heavy atom. The zero-order valence-corrected chi connectivity index (χ0v) is 15.2. The molecule has 1 aliphatic rings. The topological polar surface area (TPSA) is 69.3 Å². The fourth-order valence-electron chi connectivity index (χ4n) is 3.20. The maximum absolute atomic E-state index is 12.9. The number of thioether (sulfide) groups is 1. The van der Waals surface area contributed by atoms with E-state index in [1.165, 1.54) is 16.2 Å². The second-order valence-electron chi connectivity index (χ2n) is 6.62. The van der Waals surface area contributed by atoms with Gasteiger partial charge in [0.1, 0.15) is 5.65 Å². The van der Waals surface area contributed by atoms with E-state index >= 15 is 0 Å². The lowest BCUT2D eigenvalue weighted by Gasteiger charge is -2.12. The Morgan fingerprint density at radius 1 is 1.04 bits per heavy atom.